The summed E-state index contributed by atoms with van der Waals surface area (Å²) in [5.74, 6) is 0.731. The van der Waals surface area contributed by atoms with Gasteiger partial charge < -0.3 is 10.2 Å². The number of rotatable bonds is 5. The van der Waals surface area contributed by atoms with Crippen LogP contribution in [0.3, 0.4) is 0 Å². The largest absolute Gasteiger partial charge is 0.363 e. The number of carbonyl (C=O) groups is 1. The Morgan fingerprint density at radius 1 is 1.15 bits per heavy atom. The van der Waals surface area contributed by atoms with Gasteiger partial charge in [0, 0.05) is 31.3 Å². The Balaban J connectivity index is 1.69. The van der Waals surface area contributed by atoms with E-state index < -0.39 is 0 Å². The van der Waals surface area contributed by atoms with Crippen LogP contribution in [0.15, 0.2) is 53.3 Å². The molecule has 0 saturated carbocycles. The molecule has 0 unspecified atom stereocenters. The summed E-state index contributed by atoms with van der Waals surface area (Å²) in [4.78, 5) is 18.8. The smallest absolute Gasteiger partial charge is 0.255 e. The van der Waals surface area contributed by atoms with E-state index in [0.717, 1.165) is 27.2 Å². The lowest BCUT2D eigenvalue weighted by atomic mass is 10.2. The molecule has 1 N–H and O–H groups in total. The van der Waals surface area contributed by atoms with Gasteiger partial charge in [-0.1, -0.05) is 22.0 Å². The van der Waals surface area contributed by atoms with Crippen LogP contribution in [-0.4, -0.2) is 34.8 Å². The Morgan fingerprint density at radius 2 is 1.88 bits per heavy atom. The summed E-state index contributed by atoms with van der Waals surface area (Å²) in [6, 6.07) is 11.7. The van der Waals surface area contributed by atoms with E-state index in [1.165, 1.54) is 0 Å². The van der Waals surface area contributed by atoms with Crippen LogP contribution in [-0.2, 0) is 6.54 Å². The number of aromatic nitrogens is 3. The monoisotopic (exact) mass is 413 g/mol. The predicted octanol–water partition coefficient (Wildman–Crippen LogP) is 3.33. The molecule has 0 spiro atoms. The van der Waals surface area contributed by atoms with Gasteiger partial charge >= 0.3 is 0 Å². The molecule has 2 aromatic heterocycles. The second-order valence-electron chi connectivity index (χ2n) is 6.13. The van der Waals surface area contributed by atoms with Gasteiger partial charge in [-0.25, -0.2) is 9.67 Å². The molecular weight excluding hydrogens is 394 g/mol. The van der Waals surface area contributed by atoms with Crippen molar-refractivity contribution in [3.63, 3.8) is 0 Å². The first-order chi connectivity index (χ1) is 12.5. The highest BCUT2D eigenvalue weighted by atomic mass is 79.9. The van der Waals surface area contributed by atoms with Crippen molar-refractivity contribution >= 4 is 27.7 Å². The Bertz CT molecular complexity index is 901. The molecule has 134 valence electrons. The lowest BCUT2D eigenvalue weighted by Gasteiger charge is -2.11. The van der Waals surface area contributed by atoms with Gasteiger partial charge in [-0.2, -0.15) is 5.10 Å². The van der Waals surface area contributed by atoms with Crippen LogP contribution in [0.25, 0.3) is 5.69 Å². The summed E-state index contributed by atoms with van der Waals surface area (Å²) in [6.45, 7) is 2.31. The maximum atomic E-state index is 12.5. The van der Waals surface area contributed by atoms with E-state index in [0.29, 0.717) is 12.1 Å². The number of carbonyl (C=O) groups excluding carboxylic acids is 1. The fourth-order valence-electron chi connectivity index (χ4n) is 2.54. The van der Waals surface area contributed by atoms with E-state index in [2.05, 4.69) is 31.3 Å². The Morgan fingerprint density at radius 3 is 2.50 bits per heavy atom. The predicted molar refractivity (Wildman–Crippen MR) is 106 cm³/mol. The van der Waals surface area contributed by atoms with E-state index in [1.807, 2.05) is 62.3 Å². The van der Waals surface area contributed by atoms with Crippen molar-refractivity contribution in [3.8, 4) is 5.69 Å². The van der Waals surface area contributed by atoms with E-state index >= 15 is 0 Å². The second-order valence-corrected chi connectivity index (χ2v) is 7.05. The first kappa shape index (κ1) is 18.1. The minimum absolute atomic E-state index is 0.150. The van der Waals surface area contributed by atoms with Crippen molar-refractivity contribution < 1.29 is 4.79 Å². The quantitative estimate of drug-likeness (QED) is 0.696. The number of nitrogens with zero attached hydrogens (tertiary/aromatic N) is 4. The molecule has 2 heterocycles. The van der Waals surface area contributed by atoms with Gasteiger partial charge in [0.15, 0.2) is 0 Å². The topological polar surface area (TPSA) is 63.1 Å². The van der Waals surface area contributed by atoms with Gasteiger partial charge in [0.25, 0.3) is 5.91 Å². The van der Waals surface area contributed by atoms with Crippen LogP contribution < -0.4 is 10.2 Å². The molecule has 0 bridgehead atoms. The fourth-order valence-corrected chi connectivity index (χ4v) is 2.80. The van der Waals surface area contributed by atoms with Crippen LogP contribution in [0.4, 0.5) is 5.82 Å². The van der Waals surface area contributed by atoms with Crippen molar-refractivity contribution in [2.75, 3.05) is 19.0 Å². The van der Waals surface area contributed by atoms with Crippen molar-refractivity contribution in [1.29, 1.82) is 0 Å². The van der Waals surface area contributed by atoms with Crippen molar-refractivity contribution in [2.24, 2.45) is 0 Å². The molecule has 0 saturated heterocycles. The maximum Gasteiger partial charge on any atom is 0.255 e. The molecule has 0 aliphatic carbocycles. The molecule has 0 radical (unpaired) electrons. The summed E-state index contributed by atoms with van der Waals surface area (Å²) >= 11 is 3.42. The number of benzene rings is 1. The number of hydrogen-bond donors (Lipinski definition) is 1. The molecule has 1 amide bonds. The molecule has 0 aliphatic heterocycles. The molecule has 26 heavy (non-hydrogen) atoms. The summed E-state index contributed by atoms with van der Waals surface area (Å²) in [6.07, 6.45) is 3.37. The molecule has 6 nitrogen and oxygen atoms in total. The number of anilines is 1. The Hall–Kier alpha value is -2.67. The average Bonchev–Trinajstić information content (AvgIpc) is 3.02. The highest BCUT2D eigenvalue weighted by Crippen LogP contribution is 2.17. The number of nitrogens with one attached hydrogen (secondary N) is 1. The highest BCUT2D eigenvalue weighted by molar-refractivity contribution is 9.10. The van der Waals surface area contributed by atoms with Crippen LogP contribution >= 0.6 is 15.9 Å². The molecule has 7 heteroatoms. The van der Waals surface area contributed by atoms with Crippen LogP contribution in [0.5, 0.6) is 0 Å². The summed E-state index contributed by atoms with van der Waals surface area (Å²) in [5.41, 5.74) is 3.21. The van der Waals surface area contributed by atoms with E-state index in [4.69, 9.17) is 0 Å². The van der Waals surface area contributed by atoms with E-state index in [9.17, 15) is 4.79 Å². The molecular formula is C19H20BrN5O. The maximum absolute atomic E-state index is 12.5. The Labute approximate surface area is 161 Å². The van der Waals surface area contributed by atoms with Crippen LogP contribution in [0.2, 0.25) is 0 Å². The SMILES string of the molecule is Cc1c(C(=O)NCc2ccc(N(C)C)nc2)cnn1-c1ccc(Br)cc1. The lowest BCUT2D eigenvalue weighted by molar-refractivity contribution is 0.0950. The third kappa shape index (κ3) is 3.94. The van der Waals surface area contributed by atoms with Gasteiger partial charge in [0.1, 0.15) is 5.82 Å². The Kier molecular flexibility index (Phi) is 5.37. The summed E-state index contributed by atoms with van der Waals surface area (Å²) < 4.78 is 2.76. The molecule has 0 atom stereocenters. The van der Waals surface area contributed by atoms with Crippen LogP contribution in [0.1, 0.15) is 21.6 Å². The number of amides is 1. The second kappa shape index (κ2) is 7.70. The normalized spacial score (nSPS) is 10.6. The third-order valence-electron chi connectivity index (χ3n) is 4.05. The number of pyridine rings is 1. The minimum atomic E-state index is -0.150. The van der Waals surface area contributed by atoms with Crippen LogP contribution in [0, 0.1) is 6.92 Å². The van der Waals surface area contributed by atoms with E-state index in [-0.39, 0.29) is 5.91 Å². The van der Waals surface area contributed by atoms with Gasteiger partial charge in [0.05, 0.1) is 23.1 Å². The zero-order chi connectivity index (χ0) is 18.7. The molecule has 1 aromatic carbocycles. The summed E-state index contributed by atoms with van der Waals surface area (Å²) in [5, 5.41) is 7.27. The first-order valence-electron chi connectivity index (χ1n) is 8.16. The molecule has 3 aromatic rings. The fraction of sp³-hybridized carbons (Fsp3) is 0.211. The van der Waals surface area contributed by atoms with Gasteiger partial charge in [0.2, 0.25) is 0 Å². The first-order valence-corrected chi connectivity index (χ1v) is 8.96. The average molecular weight is 414 g/mol. The van der Waals surface area contributed by atoms with Gasteiger partial charge in [-0.3, -0.25) is 4.79 Å². The number of hydrogen-bond acceptors (Lipinski definition) is 4. The zero-order valence-electron chi connectivity index (χ0n) is 14.9. The van der Waals surface area contributed by atoms with E-state index in [1.54, 1.807) is 17.1 Å². The highest BCUT2D eigenvalue weighted by Gasteiger charge is 2.15. The standard InChI is InChI=1S/C19H20BrN5O/c1-13-17(12-23-25(13)16-7-5-15(20)6-8-16)19(26)22-11-14-4-9-18(21-10-14)24(2)3/h4-10,12H,11H2,1-3H3,(H,22,26). The van der Waals surface area contributed by atoms with Gasteiger partial charge in [-0.15, -0.1) is 0 Å². The molecule has 0 fully saturated rings. The lowest BCUT2D eigenvalue weighted by Crippen LogP contribution is -2.23. The third-order valence-corrected chi connectivity index (χ3v) is 4.57. The molecule has 0 aliphatic rings. The van der Waals surface area contributed by atoms with Gasteiger partial charge in [-0.05, 0) is 42.8 Å². The molecule has 3 rings (SSSR count). The number of halogens is 1. The van der Waals surface area contributed by atoms with Crippen molar-refractivity contribution in [1.82, 2.24) is 20.1 Å². The minimum Gasteiger partial charge on any atom is -0.363 e. The van der Waals surface area contributed by atoms with Crippen molar-refractivity contribution in [2.45, 2.75) is 13.5 Å². The van der Waals surface area contributed by atoms with Crippen molar-refractivity contribution in [3.05, 3.63) is 70.1 Å². The zero-order valence-corrected chi connectivity index (χ0v) is 16.5. The summed E-state index contributed by atoms with van der Waals surface area (Å²) in [7, 11) is 3.88.